The zero-order chi connectivity index (χ0) is 38.1. The van der Waals surface area contributed by atoms with Crippen LogP contribution in [0.15, 0.2) is 144 Å². The second kappa shape index (κ2) is 16.3. The molecule has 0 fully saturated rings. The van der Waals surface area contributed by atoms with Crippen LogP contribution in [0.4, 0.5) is 39.8 Å². The number of halogens is 2. The molecule has 6 N–H and O–H groups in total. The number of aromatic hydroxyl groups is 2. The van der Waals surface area contributed by atoms with Crippen LogP contribution < -0.4 is 5.73 Å². The van der Waals surface area contributed by atoms with Crippen LogP contribution in [-0.2, 0) is 20.2 Å². The number of nitrogens with zero attached hydrogens (tertiary/aromatic N) is 6. The van der Waals surface area contributed by atoms with Crippen molar-refractivity contribution in [3.8, 4) is 22.6 Å². The summed E-state index contributed by atoms with van der Waals surface area (Å²) in [5.74, 6) is -0.787. The zero-order valence-electron chi connectivity index (χ0n) is 26.6. The number of nitrogen functional groups attached to an aromatic ring is 1. The van der Waals surface area contributed by atoms with Gasteiger partial charge in [-0.05, 0) is 95.4 Å². The first-order chi connectivity index (χ1) is 25.1. The molecule has 0 unspecified atom stereocenters. The molecule has 0 aromatic heterocycles. The number of phenols is 2. The molecular formula is C34H24Cl2N7NaO8S2. The Balaban J connectivity index is 0.00000561. The molecule has 0 heterocycles. The van der Waals surface area contributed by atoms with Gasteiger partial charge in [0.2, 0.25) is 0 Å². The standard InChI is InChI=1S/C34H23Cl2N7O8S2.Na.H/c35-21-5-14-26(36)27(17-21)41-42-32-28(52(46,47)48)15-20-16-29(53(49,50)51)33(34(45)30(20)31(32)37)43-40-23-8-3-19(4-9-23)18-1-6-22(7-2-18)38-39-24-10-12-25(44)13-11-24;;/h1-17,44-45H,37H2,(H,46,47,48)(H,49,50,51);;/b39-38+,42-41+,43-40+;;. The van der Waals surface area contributed by atoms with E-state index in [4.69, 9.17) is 28.9 Å². The molecule has 54 heavy (non-hydrogen) atoms. The van der Waals surface area contributed by atoms with Crippen LogP contribution in [0.1, 0.15) is 0 Å². The van der Waals surface area contributed by atoms with Gasteiger partial charge in [-0.1, -0.05) is 47.5 Å². The molecular weight excluding hydrogens is 792 g/mol. The third-order valence-corrected chi connectivity index (χ3v) is 9.79. The second-order valence-electron chi connectivity index (χ2n) is 11.1. The third-order valence-electron chi connectivity index (χ3n) is 7.50. The summed E-state index contributed by atoms with van der Waals surface area (Å²) in [5.41, 5.74) is 7.35. The number of rotatable bonds is 9. The fraction of sp³-hybridized carbons (Fsp3) is 0. The van der Waals surface area contributed by atoms with Gasteiger partial charge in [-0.15, -0.1) is 15.3 Å². The van der Waals surface area contributed by atoms with E-state index in [2.05, 4.69) is 30.7 Å². The molecule has 15 nitrogen and oxygen atoms in total. The summed E-state index contributed by atoms with van der Waals surface area (Å²) in [6.45, 7) is 0. The average molecular weight is 817 g/mol. The van der Waals surface area contributed by atoms with Gasteiger partial charge < -0.3 is 15.9 Å². The topological polar surface area (TPSA) is 249 Å². The van der Waals surface area contributed by atoms with E-state index < -0.39 is 52.8 Å². The van der Waals surface area contributed by atoms with Crippen molar-refractivity contribution >= 4 is 124 Å². The molecule has 6 aromatic rings. The number of nitrogens with two attached hydrogens (primary N) is 1. The van der Waals surface area contributed by atoms with Gasteiger partial charge >= 0.3 is 29.6 Å². The van der Waals surface area contributed by atoms with Crippen LogP contribution in [0, 0.1) is 0 Å². The van der Waals surface area contributed by atoms with Crippen molar-refractivity contribution in [2.24, 2.45) is 30.7 Å². The number of hydrogen-bond donors (Lipinski definition) is 5. The Labute approximate surface area is 339 Å². The minimum absolute atomic E-state index is 0. The van der Waals surface area contributed by atoms with Crippen LogP contribution in [0.25, 0.3) is 21.9 Å². The van der Waals surface area contributed by atoms with Crippen molar-refractivity contribution in [1.29, 1.82) is 0 Å². The van der Waals surface area contributed by atoms with Crippen molar-refractivity contribution < 1.29 is 36.2 Å². The maximum absolute atomic E-state index is 12.4. The summed E-state index contributed by atoms with van der Waals surface area (Å²) < 4.78 is 69.6. The normalized spacial score (nSPS) is 12.2. The van der Waals surface area contributed by atoms with Gasteiger partial charge in [0.25, 0.3) is 20.2 Å². The van der Waals surface area contributed by atoms with Crippen molar-refractivity contribution in [1.82, 2.24) is 0 Å². The van der Waals surface area contributed by atoms with Crippen molar-refractivity contribution in [3.63, 3.8) is 0 Å². The third kappa shape index (κ3) is 9.09. The molecule has 0 aliphatic rings. The van der Waals surface area contributed by atoms with E-state index in [1.54, 1.807) is 48.5 Å². The number of hydrogen-bond acceptors (Lipinski definition) is 13. The van der Waals surface area contributed by atoms with E-state index in [9.17, 15) is 36.2 Å². The quantitative estimate of drug-likeness (QED) is 0.0402. The maximum atomic E-state index is 12.4. The molecule has 0 saturated carbocycles. The van der Waals surface area contributed by atoms with Crippen molar-refractivity contribution in [2.45, 2.75) is 9.79 Å². The number of fused-ring (bicyclic) bond motifs is 1. The predicted molar refractivity (Wildman–Crippen MR) is 206 cm³/mol. The molecule has 0 atom stereocenters. The number of benzene rings is 6. The van der Waals surface area contributed by atoms with Crippen LogP contribution in [-0.4, -0.2) is 65.7 Å². The second-order valence-corrected chi connectivity index (χ2v) is 14.7. The Hall–Kier alpha value is -4.82. The number of azo groups is 3. The van der Waals surface area contributed by atoms with Gasteiger partial charge in [0.05, 0.1) is 33.2 Å². The summed E-state index contributed by atoms with van der Waals surface area (Å²) in [7, 11) is -10.2. The molecule has 0 saturated heterocycles. The van der Waals surface area contributed by atoms with Gasteiger partial charge in [-0.3, -0.25) is 9.11 Å². The summed E-state index contributed by atoms with van der Waals surface area (Å²) in [5, 5.41) is 44.4. The Morgan fingerprint density at radius 2 is 1.00 bits per heavy atom. The molecule has 0 aliphatic heterocycles. The van der Waals surface area contributed by atoms with Crippen LogP contribution in [0.2, 0.25) is 10.0 Å². The average Bonchev–Trinajstić information content (AvgIpc) is 3.11. The molecule has 0 radical (unpaired) electrons. The first-order valence-corrected chi connectivity index (χ1v) is 18.5. The van der Waals surface area contributed by atoms with Crippen molar-refractivity contribution in [3.05, 3.63) is 113 Å². The monoisotopic (exact) mass is 815 g/mol. The van der Waals surface area contributed by atoms with Gasteiger partial charge in [-0.2, -0.15) is 32.2 Å². The molecule has 0 aliphatic carbocycles. The molecule has 0 bridgehead atoms. The fourth-order valence-electron chi connectivity index (χ4n) is 4.95. The predicted octanol–water partition coefficient (Wildman–Crippen LogP) is 9.90. The summed E-state index contributed by atoms with van der Waals surface area (Å²) in [6, 6.07) is 25.8. The van der Waals surface area contributed by atoms with E-state index in [0.717, 1.165) is 23.3 Å². The molecule has 270 valence electrons. The van der Waals surface area contributed by atoms with E-state index >= 15 is 0 Å². The van der Waals surface area contributed by atoms with E-state index in [0.29, 0.717) is 11.4 Å². The Bertz CT molecular complexity index is 2720. The van der Waals surface area contributed by atoms with Crippen molar-refractivity contribution in [2.75, 3.05) is 5.73 Å². The first kappa shape index (κ1) is 40.4. The fourth-order valence-corrected chi connectivity index (χ4v) is 6.60. The van der Waals surface area contributed by atoms with Gasteiger partial charge in [-0.25, -0.2) is 0 Å². The Kier molecular flexibility index (Phi) is 12.2. The van der Waals surface area contributed by atoms with E-state index in [1.807, 2.05) is 12.1 Å². The number of anilines is 1. The summed E-state index contributed by atoms with van der Waals surface area (Å²) in [6.07, 6.45) is 0. The summed E-state index contributed by atoms with van der Waals surface area (Å²) >= 11 is 12.1. The molecule has 20 heteroatoms. The van der Waals surface area contributed by atoms with E-state index in [-0.39, 0.29) is 67.5 Å². The summed E-state index contributed by atoms with van der Waals surface area (Å²) in [4.78, 5) is -1.83. The van der Waals surface area contributed by atoms with E-state index in [1.165, 1.54) is 30.3 Å². The van der Waals surface area contributed by atoms with Gasteiger partial charge in [0.1, 0.15) is 32.6 Å². The Morgan fingerprint density at radius 1 is 0.556 bits per heavy atom. The molecule has 6 aromatic carbocycles. The minimum atomic E-state index is -5.11. The van der Waals surface area contributed by atoms with Crippen LogP contribution in [0.3, 0.4) is 0 Å². The molecule has 0 amide bonds. The van der Waals surface area contributed by atoms with Crippen LogP contribution in [0.5, 0.6) is 11.5 Å². The zero-order valence-corrected chi connectivity index (χ0v) is 29.7. The van der Waals surface area contributed by atoms with Crippen LogP contribution >= 0.6 is 23.2 Å². The Morgan fingerprint density at radius 3 is 1.50 bits per heavy atom. The number of phenolic OH excluding ortho intramolecular Hbond substituents is 2. The first-order valence-electron chi connectivity index (χ1n) is 14.9. The van der Waals surface area contributed by atoms with Gasteiger partial charge in [0.15, 0.2) is 5.75 Å². The molecule has 6 rings (SSSR count). The SMILES string of the molecule is Nc1c(/N=N/c2cc(Cl)ccc2Cl)c(S(=O)(=O)O)cc2cc(S(=O)(=O)O)c(/N=N/c3ccc(-c4ccc(/N=N/c5ccc(O)cc5)cc4)cc3)c(O)c12.[NaH]. The molecule has 0 spiro atoms. The van der Waals surface area contributed by atoms with Gasteiger partial charge in [0, 0.05) is 5.02 Å².